The Morgan fingerprint density at radius 1 is 0.824 bits per heavy atom. The molecular formula is C11H29NO3S2. The number of hydrogen-bond donors (Lipinski definition) is 0. The van der Waals surface area contributed by atoms with Gasteiger partial charge in [0.15, 0.2) is 0 Å². The van der Waals surface area contributed by atoms with Crippen molar-refractivity contribution in [1.29, 1.82) is 0 Å². The highest BCUT2D eigenvalue weighted by atomic mass is 32.2. The largest absolute Gasteiger partial charge is 0.412 e. The smallest absolute Gasteiger partial charge is 0.103 e. The molecular weight excluding hydrogens is 258 g/mol. The minimum absolute atomic E-state index is 0. The normalized spacial score (nSPS) is 17.8. The quantitative estimate of drug-likeness (QED) is 0.779. The highest BCUT2D eigenvalue weighted by molar-refractivity contribution is 8.16. The molecule has 0 saturated carbocycles. The topological polar surface area (TPSA) is 97.7 Å². The second-order valence-electron chi connectivity index (χ2n) is 3.68. The van der Waals surface area contributed by atoms with Crippen LogP contribution in [-0.4, -0.2) is 50.6 Å². The van der Waals surface area contributed by atoms with Gasteiger partial charge in [0.2, 0.25) is 0 Å². The fraction of sp³-hybridized carbons (Fsp3) is 1.00. The minimum atomic E-state index is 0. The molecule has 0 bridgehead atoms. The molecule has 0 amide bonds. The average molecular weight is 287 g/mol. The lowest BCUT2D eigenvalue weighted by atomic mass is 10.2. The molecule has 6 N–H and O–H groups in total. The molecule has 1 aliphatic heterocycles. The van der Waals surface area contributed by atoms with Crippen LogP contribution in [0.3, 0.4) is 0 Å². The van der Waals surface area contributed by atoms with Crippen molar-refractivity contribution < 1.29 is 16.4 Å². The fourth-order valence-corrected chi connectivity index (χ4v) is 4.83. The highest BCUT2D eigenvalue weighted by Crippen LogP contribution is 2.30. The molecule has 17 heavy (non-hydrogen) atoms. The molecule has 0 aromatic heterocycles. The second kappa shape index (κ2) is 14.6. The molecule has 0 radical (unpaired) electrons. The molecule has 1 aliphatic rings. The first-order chi connectivity index (χ1) is 6.88. The molecule has 1 heterocycles. The van der Waals surface area contributed by atoms with Crippen LogP contribution in [0.15, 0.2) is 0 Å². The summed E-state index contributed by atoms with van der Waals surface area (Å²) in [5.74, 6) is 2.71. The summed E-state index contributed by atoms with van der Waals surface area (Å²) in [5, 5.41) is 0. The number of rotatable bonds is 3. The van der Waals surface area contributed by atoms with Crippen LogP contribution in [-0.2, 0) is 0 Å². The van der Waals surface area contributed by atoms with E-state index in [1.807, 2.05) is 0 Å². The molecule has 1 rings (SSSR count). The first-order valence-corrected chi connectivity index (χ1v) is 7.95. The first kappa shape index (κ1) is 22.7. The Morgan fingerprint density at radius 2 is 1.24 bits per heavy atom. The van der Waals surface area contributed by atoms with Gasteiger partial charge in [-0.2, -0.15) is 0 Å². The Kier molecular flexibility index (Phi) is 19.5. The first-order valence-electron chi connectivity index (χ1n) is 5.85. The van der Waals surface area contributed by atoms with Gasteiger partial charge >= 0.3 is 0 Å². The SMILES string of the molecule is CCN(CC)C1SCCCCCCS1.O.O.O. The fourth-order valence-electron chi connectivity index (χ4n) is 1.71. The Labute approximate surface area is 114 Å². The van der Waals surface area contributed by atoms with Crippen molar-refractivity contribution in [2.45, 2.75) is 44.2 Å². The van der Waals surface area contributed by atoms with Crippen molar-refractivity contribution in [3.63, 3.8) is 0 Å². The van der Waals surface area contributed by atoms with Crippen LogP contribution in [0, 0.1) is 0 Å². The summed E-state index contributed by atoms with van der Waals surface area (Å²) in [7, 11) is 0. The third-order valence-corrected chi connectivity index (χ3v) is 5.70. The lowest BCUT2D eigenvalue weighted by Gasteiger charge is -2.28. The zero-order valence-electron chi connectivity index (χ0n) is 11.0. The van der Waals surface area contributed by atoms with Gasteiger partial charge in [-0.1, -0.05) is 26.7 Å². The molecule has 4 nitrogen and oxygen atoms in total. The van der Waals surface area contributed by atoms with Gasteiger partial charge < -0.3 is 16.4 Å². The van der Waals surface area contributed by atoms with Gasteiger partial charge in [0.05, 0.1) is 0 Å². The van der Waals surface area contributed by atoms with Crippen LogP contribution in [0.1, 0.15) is 39.5 Å². The van der Waals surface area contributed by atoms with Crippen molar-refractivity contribution in [3.8, 4) is 0 Å². The standard InChI is InChI=1S/C11H23NS2.3H2O/c1-3-12(4-2)11-13-9-7-5-6-8-10-14-11;;;/h11H,3-10H2,1-2H3;3*1H2. The third-order valence-electron chi connectivity index (χ3n) is 2.67. The van der Waals surface area contributed by atoms with Crippen molar-refractivity contribution in [3.05, 3.63) is 0 Å². The predicted molar refractivity (Wildman–Crippen MR) is 80.9 cm³/mol. The maximum absolute atomic E-state index is 2.58. The summed E-state index contributed by atoms with van der Waals surface area (Å²) in [4.78, 5) is 2.58. The van der Waals surface area contributed by atoms with Crippen LogP contribution in [0.25, 0.3) is 0 Å². The van der Waals surface area contributed by atoms with Gasteiger partial charge in [-0.3, -0.25) is 4.90 Å². The van der Waals surface area contributed by atoms with Gasteiger partial charge in [-0.15, -0.1) is 23.5 Å². The van der Waals surface area contributed by atoms with E-state index >= 15 is 0 Å². The second-order valence-corrected chi connectivity index (χ2v) is 6.36. The molecule has 0 atom stereocenters. The average Bonchev–Trinajstić information content (AvgIpc) is 2.34. The van der Waals surface area contributed by atoms with Gasteiger partial charge in [-0.05, 0) is 37.4 Å². The Balaban J connectivity index is -0.000000653. The lowest BCUT2D eigenvalue weighted by molar-refractivity contribution is 0.339. The summed E-state index contributed by atoms with van der Waals surface area (Å²) in [6, 6.07) is 0. The number of nitrogens with zero attached hydrogens (tertiary/aromatic N) is 1. The highest BCUT2D eigenvalue weighted by Gasteiger charge is 2.16. The maximum atomic E-state index is 2.58. The number of hydrogen-bond acceptors (Lipinski definition) is 3. The van der Waals surface area contributed by atoms with Crippen LogP contribution in [0.2, 0.25) is 0 Å². The van der Waals surface area contributed by atoms with Crippen molar-refractivity contribution in [2.75, 3.05) is 24.6 Å². The zero-order chi connectivity index (χ0) is 10.2. The van der Waals surface area contributed by atoms with Gasteiger partial charge in [0, 0.05) is 0 Å². The summed E-state index contributed by atoms with van der Waals surface area (Å²) < 4.78 is 0.725. The van der Waals surface area contributed by atoms with E-state index < -0.39 is 0 Å². The Hall–Kier alpha value is 0.540. The van der Waals surface area contributed by atoms with Gasteiger partial charge in [-0.25, -0.2) is 0 Å². The molecule has 0 aromatic carbocycles. The van der Waals surface area contributed by atoms with E-state index in [2.05, 4.69) is 42.3 Å². The summed E-state index contributed by atoms with van der Waals surface area (Å²) in [6.07, 6.45) is 5.73. The van der Waals surface area contributed by atoms with Crippen molar-refractivity contribution in [2.24, 2.45) is 0 Å². The van der Waals surface area contributed by atoms with Crippen LogP contribution in [0.5, 0.6) is 0 Å². The molecule has 108 valence electrons. The molecule has 1 fully saturated rings. The van der Waals surface area contributed by atoms with E-state index in [-0.39, 0.29) is 16.4 Å². The van der Waals surface area contributed by atoms with Crippen LogP contribution >= 0.6 is 23.5 Å². The van der Waals surface area contributed by atoms with Crippen molar-refractivity contribution >= 4 is 23.5 Å². The van der Waals surface area contributed by atoms with E-state index in [1.54, 1.807) is 0 Å². The van der Waals surface area contributed by atoms with E-state index in [1.165, 1.54) is 50.3 Å². The maximum Gasteiger partial charge on any atom is 0.103 e. The van der Waals surface area contributed by atoms with Crippen molar-refractivity contribution in [1.82, 2.24) is 4.90 Å². The molecule has 0 spiro atoms. The molecule has 6 heteroatoms. The van der Waals surface area contributed by atoms with E-state index in [4.69, 9.17) is 0 Å². The summed E-state index contributed by atoms with van der Waals surface area (Å²) in [6.45, 7) is 6.94. The Morgan fingerprint density at radius 3 is 1.59 bits per heavy atom. The van der Waals surface area contributed by atoms with Gasteiger partial charge in [0.1, 0.15) is 4.71 Å². The zero-order valence-corrected chi connectivity index (χ0v) is 12.6. The van der Waals surface area contributed by atoms with Crippen LogP contribution in [0.4, 0.5) is 0 Å². The molecule has 0 aromatic rings. The lowest BCUT2D eigenvalue weighted by Crippen LogP contribution is -2.30. The van der Waals surface area contributed by atoms with Crippen LogP contribution < -0.4 is 0 Å². The monoisotopic (exact) mass is 287 g/mol. The number of thioether (sulfide) groups is 2. The third kappa shape index (κ3) is 9.16. The van der Waals surface area contributed by atoms with E-state index in [0.717, 1.165) is 4.71 Å². The van der Waals surface area contributed by atoms with E-state index in [0.29, 0.717) is 0 Å². The van der Waals surface area contributed by atoms with Gasteiger partial charge in [0.25, 0.3) is 0 Å². The molecule has 0 unspecified atom stereocenters. The summed E-state index contributed by atoms with van der Waals surface area (Å²) in [5.41, 5.74) is 0. The minimum Gasteiger partial charge on any atom is -0.412 e. The Bertz CT molecular complexity index is 139. The van der Waals surface area contributed by atoms with E-state index in [9.17, 15) is 0 Å². The molecule has 0 aliphatic carbocycles. The predicted octanol–water partition coefficient (Wildman–Crippen LogP) is 1.18. The molecule has 1 saturated heterocycles. The summed E-state index contributed by atoms with van der Waals surface area (Å²) >= 11 is 4.31.